The van der Waals surface area contributed by atoms with Crippen LogP contribution >= 0.6 is 0 Å². The summed E-state index contributed by atoms with van der Waals surface area (Å²) >= 11 is 0. The number of carbonyl (C=O) groups excluding carboxylic acids is 1. The number of halogens is 1. The number of rotatable bonds is 6. The van der Waals surface area contributed by atoms with E-state index in [0.717, 1.165) is 0 Å². The molecule has 0 aromatic heterocycles. The summed E-state index contributed by atoms with van der Waals surface area (Å²) in [6.45, 7) is 1.38. The summed E-state index contributed by atoms with van der Waals surface area (Å²) in [5, 5.41) is 11.0. The minimum absolute atomic E-state index is 0.00534. The van der Waals surface area contributed by atoms with Gasteiger partial charge in [0.15, 0.2) is 6.10 Å². The monoisotopic (exact) mass is 255 g/mol. The number of aliphatic carboxylic acids is 1. The van der Waals surface area contributed by atoms with Crippen LogP contribution in [-0.2, 0) is 14.3 Å². The molecule has 0 saturated heterocycles. The molecule has 2 N–H and O–H groups in total. The van der Waals surface area contributed by atoms with Crippen LogP contribution in [0.3, 0.4) is 0 Å². The number of carboxylic acid groups (broad SMARTS) is 1. The van der Waals surface area contributed by atoms with E-state index < -0.39 is 17.9 Å². The lowest BCUT2D eigenvalue weighted by atomic mass is 10.3. The fourth-order valence-electron chi connectivity index (χ4n) is 1.19. The van der Waals surface area contributed by atoms with Gasteiger partial charge in [0.2, 0.25) is 5.91 Å². The van der Waals surface area contributed by atoms with Crippen molar-refractivity contribution in [3.63, 3.8) is 0 Å². The highest BCUT2D eigenvalue weighted by molar-refractivity contribution is 5.90. The van der Waals surface area contributed by atoms with Gasteiger partial charge in [-0.2, -0.15) is 0 Å². The number of benzene rings is 1. The predicted octanol–water partition coefficient (Wildman–Crippen LogP) is 1.64. The number of hydrogen-bond donors (Lipinski definition) is 2. The van der Waals surface area contributed by atoms with Gasteiger partial charge < -0.3 is 15.2 Å². The number of nitrogens with one attached hydrogen (secondary N) is 1. The third-order valence-electron chi connectivity index (χ3n) is 2.15. The molecule has 1 atom stereocenters. The van der Waals surface area contributed by atoms with Crippen molar-refractivity contribution in [2.45, 2.75) is 19.4 Å². The smallest absolute Gasteiger partial charge is 0.332 e. The summed E-state index contributed by atoms with van der Waals surface area (Å²) in [6.07, 6.45) is -0.944. The van der Waals surface area contributed by atoms with Crippen molar-refractivity contribution in [3.8, 4) is 0 Å². The first kappa shape index (κ1) is 14.1. The number of carbonyl (C=O) groups is 2. The fraction of sp³-hybridized carbons (Fsp3) is 0.333. The highest BCUT2D eigenvalue weighted by Gasteiger charge is 2.11. The third-order valence-corrected chi connectivity index (χ3v) is 2.15. The molecular formula is C12H14FNO4. The first-order valence-electron chi connectivity index (χ1n) is 5.39. The molecule has 1 aromatic rings. The van der Waals surface area contributed by atoms with Gasteiger partial charge in [0.05, 0.1) is 13.0 Å². The van der Waals surface area contributed by atoms with E-state index in [9.17, 15) is 14.0 Å². The Balaban J connectivity index is 2.32. The molecule has 0 aliphatic rings. The van der Waals surface area contributed by atoms with E-state index in [1.807, 2.05) is 0 Å². The zero-order chi connectivity index (χ0) is 13.5. The van der Waals surface area contributed by atoms with Gasteiger partial charge in [-0.15, -0.1) is 0 Å². The molecule has 6 heteroatoms. The maximum absolute atomic E-state index is 12.8. The van der Waals surface area contributed by atoms with Crippen LogP contribution in [0, 0.1) is 5.82 Å². The number of amides is 1. The van der Waals surface area contributed by atoms with Crippen molar-refractivity contribution in [1.82, 2.24) is 0 Å². The molecule has 0 saturated carbocycles. The molecule has 0 unspecified atom stereocenters. The standard InChI is InChI=1S/C12H14FNO4/c1-8(12(16)17)18-6-5-11(15)14-10-4-2-3-9(13)7-10/h2-4,7-8H,5-6H2,1H3,(H,14,15)(H,16,17)/t8-/m0/s1. The number of carboxylic acids is 1. The van der Waals surface area contributed by atoms with E-state index in [1.165, 1.54) is 25.1 Å². The molecule has 0 radical (unpaired) electrons. The summed E-state index contributed by atoms with van der Waals surface area (Å²) in [5.41, 5.74) is 0.353. The number of hydrogen-bond acceptors (Lipinski definition) is 3. The quantitative estimate of drug-likeness (QED) is 0.810. The summed E-state index contributed by atoms with van der Waals surface area (Å²) in [4.78, 5) is 21.9. The minimum atomic E-state index is -1.08. The van der Waals surface area contributed by atoms with Gasteiger partial charge in [-0.05, 0) is 25.1 Å². The molecular weight excluding hydrogens is 241 g/mol. The number of ether oxygens (including phenoxy) is 1. The summed E-state index contributed by atoms with van der Waals surface area (Å²) < 4.78 is 17.7. The van der Waals surface area contributed by atoms with Gasteiger partial charge in [-0.1, -0.05) is 6.07 Å². The van der Waals surface area contributed by atoms with Crippen LogP contribution in [0.5, 0.6) is 0 Å². The lowest BCUT2D eigenvalue weighted by molar-refractivity contribution is -0.149. The van der Waals surface area contributed by atoms with E-state index in [-0.39, 0.29) is 18.9 Å². The highest BCUT2D eigenvalue weighted by Crippen LogP contribution is 2.09. The van der Waals surface area contributed by atoms with Crippen LogP contribution in [0.1, 0.15) is 13.3 Å². The van der Waals surface area contributed by atoms with Crippen LogP contribution < -0.4 is 5.32 Å². The van der Waals surface area contributed by atoms with Gasteiger partial charge in [-0.25, -0.2) is 9.18 Å². The van der Waals surface area contributed by atoms with Crippen LogP contribution in [0.2, 0.25) is 0 Å². The molecule has 5 nitrogen and oxygen atoms in total. The fourth-order valence-corrected chi connectivity index (χ4v) is 1.19. The first-order valence-corrected chi connectivity index (χ1v) is 5.39. The molecule has 1 aromatic carbocycles. The summed E-state index contributed by atoms with van der Waals surface area (Å²) in [6, 6.07) is 5.50. The average Bonchev–Trinajstić information content (AvgIpc) is 2.28. The summed E-state index contributed by atoms with van der Waals surface area (Å²) in [7, 11) is 0. The topological polar surface area (TPSA) is 75.6 Å². The van der Waals surface area contributed by atoms with Gasteiger partial charge >= 0.3 is 5.97 Å². The van der Waals surface area contributed by atoms with Gasteiger partial charge in [0.25, 0.3) is 0 Å². The number of anilines is 1. The maximum Gasteiger partial charge on any atom is 0.332 e. The van der Waals surface area contributed by atoms with Crippen molar-refractivity contribution in [1.29, 1.82) is 0 Å². The van der Waals surface area contributed by atoms with E-state index in [0.29, 0.717) is 5.69 Å². The van der Waals surface area contributed by atoms with E-state index in [2.05, 4.69) is 5.32 Å². The SMILES string of the molecule is C[C@H](OCCC(=O)Nc1cccc(F)c1)C(=O)O. The zero-order valence-electron chi connectivity index (χ0n) is 9.85. The van der Waals surface area contributed by atoms with Crippen LogP contribution in [-0.4, -0.2) is 29.7 Å². The Labute approximate surface area is 104 Å². The molecule has 1 rings (SSSR count). The van der Waals surface area contributed by atoms with Crippen LogP contribution in [0.25, 0.3) is 0 Å². The summed E-state index contributed by atoms with van der Waals surface area (Å²) in [5.74, 6) is -1.89. The van der Waals surface area contributed by atoms with Gasteiger partial charge in [-0.3, -0.25) is 4.79 Å². The Morgan fingerprint density at radius 2 is 2.22 bits per heavy atom. The molecule has 0 spiro atoms. The average molecular weight is 255 g/mol. The van der Waals surface area contributed by atoms with E-state index >= 15 is 0 Å². The Kier molecular flexibility index (Phi) is 5.26. The second-order valence-corrected chi connectivity index (χ2v) is 3.66. The Morgan fingerprint density at radius 1 is 1.50 bits per heavy atom. The lowest BCUT2D eigenvalue weighted by Crippen LogP contribution is -2.22. The second kappa shape index (κ2) is 6.70. The van der Waals surface area contributed by atoms with Crippen molar-refractivity contribution in [2.75, 3.05) is 11.9 Å². The van der Waals surface area contributed by atoms with E-state index in [4.69, 9.17) is 9.84 Å². The molecule has 0 aliphatic carbocycles. The first-order chi connectivity index (χ1) is 8.49. The van der Waals surface area contributed by atoms with E-state index in [1.54, 1.807) is 6.07 Å². The molecule has 98 valence electrons. The second-order valence-electron chi connectivity index (χ2n) is 3.66. The highest BCUT2D eigenvalue weighted by atomic mass is 19.1. The predicted molar refractivity (Wildman–Crippen MR) is 62.7 cm³/mol. The molecule has 0 bridgehead atoms. The molecule has 0 heterocycles. The van der Waals surface area contributed by atoms with Crippen LogP contribution in [0.15, 0.2) is 24.3 Å². The Hall–Kier alpha value is -1.95. The van der Waals surface area contributed by atoms with Crippen LogP contribution in [0.4, 0.5) is 10.1 Å². The van der Waals surface area contributed by atoms with Crippen molar-refractivity contribution < 1.29 is 23.8 Å². The normalized spacial score (nSPS) is 11.9. The van der Waals surface area contributed by atoms with Crippen molar-refractivity contribution >= 4 is 17.6 Å². The van der Waals surface area contributed by atoms with Crippen molar-refractivity contribution in [3.05, 3.63) is 30.1 Å². The lowest BCUT2D eigenvalue weighted by Gasteiger charge is -2.08. The van der Waals surface area contributed by atoms with Gasteiger partial charge in [0, 0.05) is 5.69 Å². The Bertz CT molecular complexity index is 436. The third kappa shape index (κ3) is 4.92. The minimum Gasteiger partial charge on any atom is -0.479 e. The molecule has 18 heavy (non-hydrogen) atoms. The largest absolute Gasteiger partial charge is 0.479 e. The Morgan fingerprint density at radius 3 is 2.83 bits per heavy atom. The zero-order valence-corrected chi connectivity index (χ0v) is 9.85. The maximum atomic E-state index is 12.8. The molecule has 1 amide bonds. The van der Waals surface area contributed by atoms with Gasteiger partial charge in [0.1, 0.15) is 5.82 Å². The molecule has 0 aliphatic heterocycles. The van der Waals surface area contributed by atoms with Crippen molar-refractivity contribution in [2.24, 2.45) is 0 Å². The molecule has 0 fully saturated rings.